The second-order valence-corrected chi connectivity index (χ2v) is 4.58. The van der Waals surface area contributed by atoms with E-state index in [1.54, 1.807) is 18.9 Å². The zero-order valence-electron chi connectivity index (χ0n) is 8.55. The molecule has 15 heavy (non-hydrogen) atoms. The molecule has 0 amide bonds. The largest absolute Gasteiger partial charge is 0.391 e. The SMILES string of the molecule is COCCc1noc(C2CSCC2O)n1. The van der Waals surface area contributed by atoms with Crippen LogP contribution in [0.5, 0.6) is 0 Å². The first-order chi connectivity index (χ1) is 7.31. The van der Waals surface area contributed by atoms with E-state index in [9.17, 15) is 5.11 Å². The van der Waals surface area contributed by atoms with Crippen molar-refractivity contribution in [2.75, 3.05) is 25.2 Å². The number of rotatable bonds is 4. The fourth-order valence-corrected chi connectivity index (χ4v) is 2.72. The van der Waals surface area contributed by atoms with Crippen molar-refractivity contribution in [3.63, 3.8) is 0 Å². The van der Waals surface area contributed by atoms with E-state index in [4.69, 9.17) is 9.26 Å². The molecule has 1 N–H and O–H groups in total. The predicted molar refractivity (Wildman–Crippen MR) is 56.0 cm³/mol. The van der Waals surface area contributed by atoms with Crippen molar-refractivity contribution in [1.29, 1.82) is 0 Å². The molecule has 1 aliphatic heterocycles. The van der Waals surface area contributed by atoms with Gasteiger partial charge in [-0.2, -0.15) is 16.7 Å². The highest BCUT2D eigenvalue weighted by Gasteiger charge is 2.31. The summed E-state index contributed by atoms with van der Waals surface area (Å²) in [6.07, 6.45) is 0.293. The summed E-state index contributed by atoms with van der Waals surface area (Å²) in [5, 5.41) is 13.5. The minimum Gasteiger partial charge on any atom is -0.391 e. The molecule has 5 nitrogen and oxygen atoms in total. The zero-order valence-corrected chi connectivity index (χ0v) is 9.37. The molecular formula is C9H14N2O3S. The van der Waals surface area contributed by atoms with Crippen molar-refractivity contribution >= 4 is 11.8 Å². The van der Waals surface area contributed by atoms with Crippen LogP contribution >= 0.6 is 11.8 Å². The molecule has 0 aromatic carbocycles. The van der Waals surface area contributed by atoms with Crippen LogP contribution in [0, 0.1) is 0 Å². The van der Waals surface area contributed by atoms with E-state index in [1.165, 1.54) is 0 Å². The minimum atomic E-state index is -0.356. The number of ether oxygens (including phenoxy) is 1. The average molecular weight is 230 g/mol. The van der Waals surface area contributed by atoms with E-state index in [0.717, 1.165) is 11.5 Å². The number of hydrogen-bond acceptors (Lipinski definition) is 6. The lowest BCUT2D eigenvalue weighted by atomic mass is 10.1. The molecule has 2 unspecified atom stereocenters. The van der Waals surface area contributed by atoms with Gasteiger partial charge in [-0.25, -0.2) is 0 Å². The van der Waals surface area contributed by atoms with E-state index >= 15 is 0 Å². The molecule has 84 valence electrons. The third-order valence-corrected chi connectivity index (χ3v) is 3.55. The summed E-state index contributed by atoms with van der Waals surface area (Å²) in [6, 6.07) is 0. The van der Waals surface area contributed by atoms with Crippen molar-refractivity contribution in [3.05, 3.63) is 11.7 Å². The Kier molecular flexibility index (Phi) is 3.61. The number of aliphatic hydroxyl groups excluding tert-OH is 1. The highest BCUT2D eigenvalue weighted by molar-refractivity contribution is 7.99. The Bertz CT molecular complexity index is 318. The van der Waals surface area contributed by atoms with Crippen molar-refractivity contribution in [3.8, 4) is 0 Å². The van der Waals surface area contributed by atoms with Crippen LogP contribution in [-0.4, -0.2) is 46.6 Å². The third kappa shape index (κ3) is 2.50. The van der Waals surface area contributed by atoms with Crippen LogP contribution in [0.1, 0.15) is 17.6 Å². The van der Waals surface area contributed by atoms with Crippen molar-refractivity contribution in [1.82, 2.24) is 10.1 Å². The molecule has 1 aliphatic rings. The first-order valence-corrected chi connectivity index (χ1v) is 6.04. The lowest BCUT2D eigenvalue weighted by molar-refractivity contribution is 0.164. The molecule has 1 saturated heterocycles. The Balaban J connectivity index is 1.99. The lowest BCUT2D eigenvalue weighted by Gasteiger charge is -2.06. The molecule has 0 radical (unpaired) electrons. The summed E-state index contributed by atoms with van der Waals surface area (Å²) in [5.41, 5.74) is 0. The van der Waals surface area contributed by atoms with Gasteiger partial charge in [-0.1, -0.05) is 5.16 Å². The minimum absolute atomic E-state index is 0.00112. The van der Waals surface area contributed by atoms with Gasteiger partial charge in [-0.05, 0) is 0 Å². The Morgan fingerprint density at radius 1 is 1.60 bits per heavy atom. The highest BCUT2D eigenvalue weighted by atomic mass is 32.2. The summed E-state index contributed by atoms with van der Waals surface area (Å²) in [6.45, 7) is 0.584. The maximum atomic E-state index is 9.65. The van der Waals surface area contributed by atoms with Gasteiger partial charge in [0.05, 0.1) is 18.6 Å². The molecule has 0 spiro atoms. The highest BCUT2D eigenvalue weighted by Crippen LogP contribution is 2.31. The van der Waals surface area contributed by atoms with Gasteiger partial charge in [0.2, 0.25) is 5.89 Å². The van der Waals surface area contributed by atoms with Crippen LogP contribution in [0.2, 0.25) is 0 Å². The monoisotopic (exact) mass is 230 g/mol. The topological polar surface area (TPSA) is 68.4 Å². The Morgan fingerprint density at radius 2 is 2.47 bits per heavy atom. The summed E-state index contributed by atoms with van der Waals surface area (Å²) < 4.78 is 10.1. The van der Waals surface area contributed by atoms with Gasteiger partial charge in [-0.3, -0.25) is 0 Å². The smallest absolute Gasteiger partial charge is 0.233 e. The molecule has 0 bridgehead atoms. The van der Waals surface area contributed by atoms with Gasteiger partial charge < -0.3 is 14.4 Å². The fraction of sp³-hybridized carbons (Fsp3) is 0.778. The van der Waals surface area contributed by atoms with Crippen LogP contribution in [0.3, 0.4) is 0 Å². The van der Waals surface area contributed by atoms with Crippen molar-refractivity contribution in [2.45, 2.75) is 18.4 Å². The van der Waals surface area contributed by atoms with Crippen molar-refractivity contribution < 1.29 is 14.4 Å². The second kappa shape index (κ2) is 4.96. The molecule has 2 heterocycles. The number of nitrogens with zero attached hydrogens (tertiary/aromatic N) is 2. The maximum absolute atomic E-state index is 9.65. The quantitative estimate of drug-likeness (QED) is 0.810. The lowest BCUT2D eigenvalue weighted by Crippen LogP contribution is -2.16. The zero-order chi connectivity index (χ0) is 10.7. The third-order valence-electron chi connectivity index (χ3n) is 2.38. The Hall–Kier alpha value is -0.590. The molecule has 6 heteroatoms. The van der Waals surface area contributed by atoms with Crippen LogP contribution in [0.4, 0.5) is 0 Å². The number of hydrogen-bond donors (Lipinski definition) is 1. The van der Waals surface area contributed by atoms with Crippen LogP contribution < -0.4 is 0 Å². The molecule has 2 atom stereocenters. The number of methoxy groups -OCH3 is 1. The van der Waals surface area contributed by atoms with Crippen LogP contribution in [-0.2, 0) is 11.2 Å². The molecule has 1 fully saturated rings. The van der Waals surface area contributed by atoms with E-state index in [1.807, 2.05) is 0 Å². The first kappa shape index (κ1) is 10.9. The maximum Gasteiger partial charge on any atom is 0.233 e. The summed E-state index contributed by atoms with van der Waals surface area (Å²) in [4.78, 5) is 4.25. The van der Waals surface area contributed by atoms with Gasteiger partial charge in [0.25, 0.3) is 0 Å². The van der Waals surface area contributed by atoms with E-state index in [0.29, 0.717) is 24.7 Å². The van der Waals surface area contributed by atoms with Crippen molar-refractivity contribution in [2.24, 2.45) is 0 Å². The Labute approximate surface area is 92.2 Å². The molecular weight excluding hydrogens is 216 g/mol. The molecule has 1 aromatic heterocycles. The molecule has 2 rings (SSSR count). The molecule has 1 aromatic rings. The van der Waals surface area contributed by atoms with Gasteiger partial charge in [0.1, 0.15) is 0 Å². The number of aromatic nitrogens is 2. The summed E-state index contributed by atoms with van der Waals surface area (Å²) in [5.74, 6) is 2.81. The normalized spacial score (nSPS) is 26.0. The van der Waals surface area contributed by atoms with E-state index < -0.39 is 0 Å². The second-order valence-electron chi connectivity index (χ2n) is 3.50. The van der Waals surface area contributed by atoms with Gasteiger partial charge in [0.15, 0.2) is 5.82 Å². The number of aliphatic hydroxyl groups is 1. The molecule has 0 saturated carbocycles. The molecule has 0 aliphatic carbocycles. The van der Waals surface area contributed by atoms with Gasteiger partial charge >= 0.3 is 0 Å². The van der Waals surface area contributed by atoms with E-state index in [2.05, 4.69) is 10.1 Å². The van der Waals surface area contributed by atoms with Gasteiger partial charge in [-0.15, -0.1) is 0 Å². The van der Waals surface area contributed by atoms with E-state index in [-0.39, 0.29) is 12.0 Å². The standard InChI is InChI=1S/C9H14N2O3S/c1-13-3-2-8-10-9(14-11-8)6-4-15-5-7(6)12/h6-7,12H,2-5H2,1H3. The summed E-state index contributed by atoms with van der Waals surface area (Å²) in [7, 11) is 1.64. The Morgan fingerprint density at radius 3 is 3.13 bits per heavy atom. The summed E-state index contributed by atoms with van der Waals surface area (Å²) >= 11 is 1.71. The van der Waals surface area contributed by atoms with Crippen LogP contribution in [0.15, 0.2) is 4.52 Å². The fourth-order valence-electron chi connectivity index (χ4n) is 1.49. The van der Waals surface area contributed by atoms with Crippen LogP contribution in [0.25, 0.3) is 0 Å². The van der Waals surface area contributed by atoms with Gasteiger partial charge in [0, 0.05) is 25.0 Å². The number of thioether (sulfide) groups is 1. The average Bonchev–Trinajstić information content (AvgIpc) is 2.83. The first-order valence-electron chi connectivity index (χ1n) is 4.88. The predicted octanol–water partition coefficient (Wildman–Crippen LogP) is 0.450.